The van der Waals surface area contributed by atoms with Gasteiger partial charge in [0.25, 0.3) is 0 Å². The van der Waals surface area contributed by atoms with Crippen molar-refractivity contribution in [1.29, 1.82) is 5.26 Å². The van der Waals surface area contributed by atoms with Gasteiger partial charge in [0.05, 0.1) is 17.2 Å². The molecule has 0 aliphatic rings. The maximum absolute atomic E-state index is 12.8. The maximum atomic E-state index is 12.8. The molecule has 0 radical (unpaired) electrons. The maximum Gasteiger partial charge on any atom is 0.416 e. The number of hydrogen-bond donors (Lipinski definition) is 0. The van der Waals surface area contributed by atoms with E-state index in [-0.39, 0.29) is 23.2 Å². The zero-order valence-corrected chi connectivity index (χ0v) is 11.2. The Morgan fingerprint density at radius 3 is 1.96 bits per heavy atom. The molecule has 0 saturated carbocycles. The van der Waals surface area contributed by atoms with E-state index in [0.717, 1.165) is 6.08 Å². The summed E-state index contributed by atoms with van der Waals surface area (Å²) in [6.45, 7) is 0. The van der Waals surface area contributed by atoms with Crippen LogP contribution in [-0.2, 0) is 12.4 Å². The van der Waals surface area contributed by atoms with E-state index in [1.165, 1.54) is 18.2 Å². The summed E-state index contributed by atoms with van der Waals surface area (Å²) in [5, 5.41) is 8.37. The molecule has 2 nitrogen and oxygen atoms in total. The number of rotatable bonds is 2. The molecule has 0 amide bonds. The first-order chi connectivity index (χ1) is 10.6. The first-order valence-electron chi connectivity index (χ1n) is 6.07. The van der Waals surface area contributed by atoms with E-state index < -0.39 is 23.5 Å². The number of nitrogens with zero attached hydrogens (tertiary/aromatic N) is 1. The van der Waals surface area contributed by atoms with Crippen LogP contribution in [0.15, 0.2) is 40.8 Å². The van der Waals surface area contributed by atoms with Crippen LogP contribution in [0.5, 0.6) is 0 Å². The second kappa shape index (κ2) is 5.83. The van der Waals surface area contributed by atoms with Crippen molar-refractivity contribution < 1.29 is 30.8 Å². The highest BCUT2D eigenvalue weighted by molar-refractivity contribution is 5.62. The largest absolute Gasteiger partial charge is 0.457 e. The minimum atomic E-state index is -4.92. The molecule has 0 fully saturated rings. The summed E-state index contributed by atoms with van der Waals surface area (Å²) in [5.74, 6) is -0.0355. The topological polar surface area (TPSA) is 36.9 Å². The van der Waals surface area contributed by atoms with Crippen LogP contribution in [0.2, 0.25) is 0 Å². The number of halogens is 6. The predicted molar refractivity (Wildman–Crippen MR) is 68.8 cm³/mol. The summed E-state index contributed by atoms with van der Waals surface area (Å²) in [4.78, 5) is 0. The number of benzene rings is 1. The standard InChI is InChI=1S/C15H7F6NO/c16-14(17,18)10-6-9(7-11(8-10)15(19,20)21)13-4-3-12(23-13)2-1-5-22/h1-4,6-8H/b2-1-. The molecule has 0 aliphatic heterocycles. The molecule has 120 valence electrons. The minimum absolute atomic E-state index is 0.0446. The Kier molecular flexibility index (Phi) is 4.23. The molecule has 2 rings (SSSR count). The lowest BCUT2D eigenvalue weighted by molar-refractivity contribution is -0.143. The van der Waals surface area contributed by atoms with Gasteiger partial charge < -0.3 is 4.42 Å². The van der Waals surface area contributed by atoms with E-state index in [2.05, 4.69) is 0 Å². The van der Waals surface area contributed by atoms with Gasteiger partial charge in [-0.2, -0.15) is 31.6 Å². The monoisotopic (exact) mass is 331 g/mol. The molecule has 0 unspecified atom stereocenters. The average Bonchev–Trinajstić information content (AvgIpc) is 2.91. The van der Waals surface area contributed by atoms with Gasteiger partial charge in [-0.25, -0.2) is 0 Å². The van der Waals surface area contributed by atoms with Crippen molar-refractivity contribution >= 4 is 6.08 Å². The SMILES string of the molecule is N#C/C=C\c1ccc(-c2cc(C(F)(F)F)cc(C(F)(F)F)c2)o1. The summed E-state index contributed by atoms with van der Waals surface area (Å²) in [7, 11) is 0. The van der Waals surface area contributed by atoms with Crippen LogP contribution in [0.3, 0.4) is 0 Å². The van der Waals surface area contributed by atoms with Crippen molar-refractivity contribution in [2.45, 2.75) is 12.4 Å². The molecular weight excluding hydrogens is 324 g/mol. The van der Waals surface area contributed by atoms with Crippen LogP contribution in [0.25, 0.3) is 17.4 Å². The zero-order chi connectivity index (χ0) is 17.3. The lowest BCUT2D eigenvalue weighted by atomic mass is 10.0. The van der Waals surface area contributed by atoms with E-state index in [4.69, 9.17) is 9.68 Å². The summed E-state index contributed by atoms with van der Waals surface area (Å²) < 4.78 is 81.8. The highest BCUT2D eigenvalue weighted by Gasteiger charge is 2.37. The summed E-state index contributed by atoms with van der Waals surface area (Å²) in [6, 6.07) is 5.44. The van der Waals surface area contributed by atoms with Crippen LogP contribution in [0.1, 0.15) is 16.9 Å². The molecule has 0 bridgehead atoms. The third-order valence-electron chi connectivity index (χ3n) is 2.82. The van der Waals surface area contributed by atoms with Crippen molar-refractivity contribution in [2.24, 2.45) is 0 Å². The fraction of sp³-hybridized carbons (Fsp3) is 0.133. The van der Waals surface area contributed by atoms with E-state index in [9.17, 15) is 26.3 Å². The number of alkyl halides is 6. The van der Waals surface area contributed by atoms with Gasteiger partial charge in [-0.15, -0.1) is 0 Å². The first kappa shape index (κ1) is 16.7. The van der Waals surface area contributed by atoms with Gasteiger partial charge in [0, 0.05) is 11.6 Å². The van der Waals surface area contributed by atoms with Crippen LogP contribution >= 0.6 is 0 Å². The molecule has 1 aromatic heterocycles. The van der Waals surface area contributed by atoms with Crippen molar-refractivity contribution in [2.75, 3.05) is 0 Å². The zero-order valence-electron chi connectivity index (χ0n) is 11.2. The number of allylic oxidation sites excluding steroid dienone is 1. The highest BCUT2D eigenvalue weighted by atomic mass is 19.4. The Morgan fingerprint density at radius 2 is 1.48 bits per heavy atom. The molecule has 0 N–H and O–H groups in total. The van der Waals surface area contributed by atoms with Crippen LogP contribution in [0.4, 0.5) is 26.3 Å². The predicted octanol–water partition coefficient (Wildman–Crippen LogP) is 5.52. The van der Waals surface area contributed by atoms with Crippen molar-refractivity contribution in [3.63, 3.8) is 0 Å². The normalized spacial score (nSPS) is 12.6. The van der Waals surface area contributed by atoms with E-state index in [0.29, 0.717) is 12.1 Å². The van der Waals surface area contributed by atoms with Crippen molar-refractivity contribution in [3.05, 3.63) is 53.3 Å². The molecule has 23 heavy (non-hydrogen) atoms. The van der Waals surface area contributed by atoms with Crippen molar-refractivity contribution in [1.82, 2.24) is 0 Å². The summed E-state index contributed by atoms with van der Waals surface area (Å²) in [5.41, 5.74) is -3.20. The molecule has 2 aromatic rings. The van der Waals surface area contributed by atoms with Gasteiger partial charge in [0.1, 0.15) is 11.5 Å². The smallest absolute Gasteiger partial charge is 0.416 e. The lowest BCUT2D eigenvalue weighted by Gasteiger charge is -2.13. The summed E-state index contributed by atoms with van der Waals surface area (Å²) >= 11 is 0. The third-order valence-corrected chi connectivity index (χ3v) is 2.82. The lowest BCUT2D eigenvalue weighted by Crippen LogP contribution is -2.11. The Morgan fingerprint density at radius 1 is 0.913 bits per heavy atom. The van der Waals surface area contributed by atoms with Crippen molar-refractivity contribution in [3.8, 4) is 17.4 Å². The average molecular weight is 331 g/mol. The molecular formula is C15H7F6NO. The van der Waals surface area contributed by atoms with Gasteiger partial charge in [-0.3, -0.25) is 0 Å². The Bertz CT molecular complexity index is 744. The number of nitriles is 1. The van der Waals surface area contributed by atoms with Gasteiger partial charge in [-0.05, 0) is 36.4 Å². The minimum Gasteiger partial charge on any atom is -0.457 e. The Hall–Kier alpha value is -2.69. The van der Waals surface area contributed by atoms with E-state index in [1.807, 2.05) is 0 Å². The molecule has 8 heteroatoms. The second-order valence-corrected chi connectivity index (χ2v) is 4.46. The van der Waals surface area contributed by atoms with Crippen LogP contribution in [0, 0.1) is 11.3 Å². The van der Waals surface area contributed by atoms with Gasteiger partial charge >= 0.3 is 12.4 Å². The molecule has 0 spiro atoms. The summed E-state index contributed by atoms with van der Waals surface area (Å²) in [6.07, 6.45) is -7.55. The fourth-order valence-corrected chi connectivity index (χ4v) is 1.81. The molecule has 0 saturated heterocycles. The van der Waals surface area contributed by atoms with Crippen LogP contribution < -0.4 is 0 Å². The first-order valence-corrected chi connectivity index (χ1v) is 6.07. The van der Waals surface area contributed by atoms with Gasteiger partial charge in [0.15, 0.2) is 0 Å². The van der Waals surface area contributed by atoms with E-state index in [1.54, 1.807) is 6.07 Å². The molecule has 0 aliphatic carbocycles. The van der Waals surface area contributed by atoms with E-state index >= 15 is 0 Å². The van der Waals surface area contributed by atoms with Gasteiger partial charge in [-0.1, -0.05) is 0 Å². The Labute approximate surface area is 126 Å². The highest BCUT2D eigenvalue weighted by Crippen LogP contribution is 2.38. The van der Waals surface area contributed by atoms with Gasteiger partial charge in [0.2, 0.25) is 0 Å². The number of hydrogen-bond acceptors (Lipinski definition) is 2. The second-order valence-electron chi connectivity index (χ2n) is 4.46. The Balaban J connectivity index is 2.56. The van der Waals surface area contributed by atoms with Crippen LogP contribution in [-0.4, -0.2) is 0 Å². The molecule has 0 atom stereocenters. The third kappa shape index (κ3) is 3.94. The quantitative estimate of drug-likeness (QED) is 0.536. The molecule has 1 heterocycles. The molecule has 1 aromatic carbocycles. The fourth-order valence-electron chi connectivity index (χ4n) is 1.81. The number of furan rings is 1.